The Morgan fingerprint density at radius 2 is 1.66 bits per heavy atom. The molecule has 0 spiro atoms. The zero-order valence-corrected chi connectivity index (χ0v) is 20.0. The Morgan fingerprint density at radius 3 is 2.40 bits per heavy atom. The van der Waals surface area contributed by atoms with Crippen LogP contribution in [0.1, 0.15) is 17.5 Å². The van der Waals surface area contributed by atoms with Gasteiger partial charge in [0.25, 0.3) is 0 Å². The zero-order chi connectivity index (χ0) is 24.6. The van der Waals surface area contributed by atoms with Crippen LogP contribution in [0.4, 0.5) is 17.1 Å². The maximum Gasteiger partial charge on any atom is 0.304 e. The summed E-state index contributed by atoms with van der Waals surface area (Å²) in [7, 11) is 0. The van der Waals surface area contributed by atoms with Crippen LogP contribution < -0.4 is 15.5 Å². The molecule has 1 aliphatic heterocycles. The molecule has 0 radical (unpaired) electrons. The van der Waals surface area contributed by atoms with Gasteiger partial charge < -0.3 is 20.6 Å². The Labute approximate surface area is 208 Å². The molecule has 1 unspecified atom stereocenters. The van der Waals surface area contributed by atoms with E-state index in [-0.39, 0.29) is 30.0 Å². The van der Waals surface area contributed by atoms with Gasteiger partial charge in [0.2, 0.25) is 11.8 Å². The number of carboxylic acids is 1. The molecule has 0 aromatic heterocycles. The predicted molar refractivity (Wildman–Crippen MR) is 140 cm³/mol. The minimum Gasteiger partial charge on any atom is -0.481 e. The van der Waals surface area contributed by atoms with E-state index in [9.17, 15) is 14.4 Å². The summed E-state index contributed by atoms with van der Waals surface area (Å²) in [4.78, 5) is 37.9. The molecule has 7 nitrogen and oxygen atoms in total. The number of carbonyl (C=O) groups excluding carboxylic acids is 2. The van der Waals surface area contributed by atoms with Crippen LogP contribution in [0.25, 0.3) is 0 Å². The van der Waals surface area contributed by atoms with Crippen LogP contribution in [0, 0.1) is 0 Å². The molecular formula is C27H27N3O4S. The number of hydrogen-bond donors (Lipinski definition) is 3. The van der Waals surface area contributed by atoms with Gasteiger partial charge in [-0.15, -0.1) is 0 Å². The van der Waals surface area contributed by atoms with E-state index in [1.165, 1.54) is 11.8 Å². The van der Waals surface area contributed by atoms with Crippen molar-refractivity contribution in [3.8, 4) is 0 Å². The fourth-order valence-electron chi connectivity index (χ4n) is 4.00. The van der Waals surface area contributed by atoms with Gasteiger partial charge in [0.15, 0.2) is 0 Å². The summed E-state index contributed by atoms with van der Waals surface area (Å²) in [6.45, 7) is 0.543. The van der Waals surface area contributed by atoms with Crippen molar-refractivity contribution >= 4 is 46.6 Å². The quantitative estimate of drug-likeness (QED) is 0.365. The van der Waals surface area contributed by atoms with Crippen molar-refractivity contribution < 1.29 is 19.5 Å². The molecule has 0 saturated heterocycles. The molecule has 2 amide bonds. The van der Waals surface area contributed by atoms with E-state index in [1.54, 1.807) is 0 Å². The highest BCUT2D eigenvalue weighted by molar-refractivity contribution is 7.99. The lowest BCUT2D eigenvalue weighted by molar-refractivity contribution is -0.136. The van der Waals surface area contributed by atoms with E-state index in [1.807, 2.05) is 78.9 Å². The maximum atomic E-state index is 13.0. The number of rotatable bonds is 10. The van der Waals surface area contributed by atoms with Gasteiger partial charge in [-0.2, -0.15) is 11.8 Å². The second-order valence-corrected chi connectivity index (χ2v) is 9.39. The van der Waals surface area contributed by atoms with Crippen LogP contribution in [-0.4, -0.2) is 40.4 Å². The van der Waals surface area contributed by atoms with Crippen LogP contribution in [-0.2, 0) is 27.3 Å². The number of hydrogen-bond acceptors (Lipinski definition) is 5. The molecule has 0 fully saturated rings. The number of anilines is 3. The lowest BCUT2D eigenvalue weighted by Gasteiger charge is -2.38. The smallest absolute Gasteiger partial charge is 0.304 e. The van der Waals surface area contributed by atoms with Gasteiger partial charge >= 0.3 is 5.97 Å². The van der Waals surface area contributed by atoms with E-state index < -0.39 is 5.97 Å². The van der Waals surface area contributed by atoms with Crippen LogP contribution in [0.15, 0.2) is 78.9 Å². The highest BCUT2D eigenvalue weighted by Gasteiger charge is 2.32. The number of aliphatic carboxylic acids is 1. The molecule has 0 saturated carbocycles. The Hall–Kier alpha value is -3.78. The first-order valence-electron chi connectivity index (χ1n) is 11.4. The molecule has 3 N–H and O–H groups in total. The van der Waals surface area contributed by atoms with Gasteiger partial charge in [0.05, 0.1) is 23.5 Å². The number of thioether (sulfide) groups is 1. The van der Waals surface area contributed by atoms with Crippen LogP contribution in [0.5, 0.6) is 0 Å². The van der Waals surface area contributed by atoms with E-state index in [0.717, 1.165) is 22.5 Å². The summed E-state index contributed by atoms with van der Waals surface area (Å²) >= 11 is 1.29. The summed E-state index contributed by atoms with van der Waals surface area (Å²) < 4.78 is 0. The summed E-state index contributed by atoms with van der Waals surface area (Å²) in [5.74, 6) is -0.463. The first-order valence-corrected chi connectivity index (χ1v) is 12.5. The largest absolute Gasteiger partial charge is 0.481 e. The van der Waals surface area contributed by atoms with Crippen molar-refractivity contribution in [2.45, 2.75) is 25.4 Å². The third-order valence-electron chi connectivity index (χ3n) is 5.71. The number of nitrogens with zero attached hydrogens (tertiary/aromatic N) is 1. The van der Waals surface area contributed by atoms with Crippen molar-refractivity contribution in [3.63, 3.8) is 0 Å². The van der Waals surface area contributed by atoms with Crippen LogP contribution in [0.3, 0.4) is 0 Å². The third kappa shape index (κ3) is 6.64. The SMILES string of the molecule is O=C(O)CCSCC(=O)Nc1ccc(CN2c3ccccc3NC(=O)C2Cc2ccccc2)cc1. The number of carbonyl (C=O) groups is 3. The zero-order valence-electron chi connectivity index (χ0n) is 19.1. The lowest BCUT2D eigenvalue weighted by Crippen LogP contribution is -2.49. The Morgan fingerprint density at radius 1 is 0.943 bits per heavy atom. The van der Waals surface area contributed by atoms with Gasteiger partial charge in [-0.25, -0.2) is 0 Å². The molecule has 1 aliphatic rings. The molecule has 1 atom stereocenters. The average Bonchev–Trinajstić information content (AvgIpc) is 2.85. The topological polar surface area (TPSA) is 98.7 Å². The average molecular weight is 490 g/mol. The normalized spacial score (nSPS) is 14.7. The van der Waals surface area contributed by atoms with E-state index in [4.69, 9.17) is 5.11 Å². The first kappa shape index (κ1) is 24.3. The number of carboxylic acid groups (broad SMARTS) is 1. The summed E-state index contributed by atoms with van der Waals surface area (Å²) in [5.41, 5.74) is 4.56. The van der Waals surface area contributed by atoms with Gasteiger partial charge in [0.1, 0.15) is 6.04 Å². The third-order valence-corrected chi connectivity index (χ3v) is 6.67. The van der Waals surface area contributed by atoms with Gasteiger partial charge in [-0.05, 0) is 35.4 Å². The number of fused-ring (bicyclic) bond motifs is 1. The molecule has 180 valence electrons. The minimum atomic E-state index is -0.867. The summed E-state index contributed by atoms with van der Waals surface area (Å²) in [5, 5.41) is 14.6. The standard InChI is InChI=1S/C27H27N3O4S/c31-25(18-35-15-14-26(32)33)28-21-12-10-20(11-13-21)17-30-23-9-5-4-8-22(23)29-27(34)24(30)16-19-6-2-1-3-7-19/h1-13,24H,14-18H2,(H,28,31)(H,29,34)(H,32,33). The molecule has 0 aliphatic carbocycles. The summed E-state index contributed by atoms with van der Waals surface area (Å²) in [6, 6.07) is 25.0. The van der Waals surface area contributed by atoms with Gasteiger partial charge in [0, 0.05) is 24.4 Å². The van der Waals surface area contributed by atoms with Crippen molar-refractivity contribution in [2.75, 3.05) is 27.0 Å². The number of amides is 2. The van der Waals surface area contributed by atoms with Crippen LogP contribution in [0.2, 0.25) is 0 Å². The second kappa shape index (κ2) is 11.6. The Balaban J connectivity index is 1.45. The molecule has 3 aromatic rings. The molecule has 1 heterocycles. The van der Waals surface area contributed by atoms with Gasteiger partial charge in [-0.3, -0.25) is 14.4 Å². The Bertz CT molecular complexity index is 1180. The minimum absolute atomic E-state index is 0.0307. The summed E-state index contributed by atoms with van der Waals surface area (Å²) in [6.07, 6.45) is 0.629. The van der Waals surface area contributed by atoms with E-state index in [2.05, 4.69) is 15.5 Å². The van der Waals surface area contributed by atoms with Crippen molar-refractivity contribution in [2.24, 2.45) is 0 Å². The maximum absolute atomic E-state index is 13.0. The monoisotopic (exact) mass is 489 g/mol. The molecule has 3 aromatic carbocycles. The van der Waals surface area contributed by atoms with Crippen molar-refractivity contribution in [1.82, 2.24) is 0 Å². The highest BCUT2D eigenvalue weighted by atomic mass is 32.2. The molecule has 8 heteroatoms. The molecular weight excluding hydrogens is 462 g/mol. The number of nitrogens with one attached hydrogen (secondary N) is 2. The Kier molecular flexibility index (Phi) is 8.05. The van der Waals surface area contributed by atoms with Crippen molar-refractivity contribution in [1.29, 1.82) is 0 Å². The highest BCUT2D eigenvalue weighted by Crippen LogP contribution is 2.34. The van der Waals surface area contributed by atoms with Crippen molar-refractivity contribution in [3.05, 3.63) is 90.0 Å². The van der Waals surface area contributed by atoms with E-state index >= 15 is 0 Å². The first-order chi connectivity index (χ1) is 17.0. The van der Waals surface area contributed by atoms with Gasteiger partial charge in [-0.1, -0.05) is 54.6 Å². The number of para-hydroxylation sites is 2. The molecule has 0 bridgehead atoms. The molecule has 35 heavy (non-hydrogen) atoms. The lowest BCUT2D eigenvalue weighted by atomic mass is 9.99. The second-order valence-electron chi connectivity index (χ2n) is 8.28. The van der Waals surface area contributed by atoms with Crippen LogP contribution >= 0.6 is 11.8 Å². The predicted octanol–water partition coefficient (Wildman–Crippen LogP) is 4.40. The number of benzene rings is 3. The van der Waals surface area contributed by atoms with E-state index in [0.29, 0.717) is 24.4 Å². The fraction of sp³-hybridized carbons (Fsp3) is 0.222. The molecule has 4 rings (SSSR count). The fourth-order valence-corrected chi connectivity index (χ4v) is 4.72.